The van der Waals surface area contributed by atoms with Crippen LogP contribution in [0.25, 0.3) is 0 Å². The lowest BCUT2D eigenvalue weighted by atomic mass is 9.88. The van der Waals surface area contributed by atoms with E-state index >= 15 is 0 Å². The van der Waals surface area contributed by atoms with Crippen molar-refractivity contribution < 1.29 is 19.1 Å². The lowest BCUT2D eigenvalue weighted by Crippen LogP contribution is -2.30. The highest BCUT2D eigenvalue weighted by atomic mass is 35.5. The third-order valence-corrected chi connectivity index (χ3v) is 6.38. The van der Waals surface area contributed by atoms with Crippen molar-refractivity contribution in [1.82, 2.24) is 0 Å². The number of rotatable bonds is 5. The number of hydrogen-bond donors (Lipinski definition) is 1. The van der Waals surface area contributed by atoms with Crippen LogP contribution in [0.5, 0.6) is 5.75 Å². The highest BCUT2D eigenvalue weighted by Gasteiger charge is 2.29. The monoisotopic (exact) mass is 421 g/mol. The molecule has 0 saturated heterocycles. The van der Waals surface area contributed by atoms with Gasteiger partial charge in [0.25, 0.3) is 5.91 Å². The fourth-order valence-corrected chi connectivity index (χ4v) is 4.88. The van der Waals surface area contributed by atoms with Gasteiger partial charge in [0.05, 0.1) is 17.7 Å². The smallest absolute Gasteiger partial charge is 0.341 e. The van der Waals surface area contributed by atoms with Crippen LogP contribution in [0.4, 0.5) is 5.00 Å². The van der Waals surface area contributed by atoms with Crippen molar-refractivity contribution in [3.05, 3.63) is 44.8 Å². The van der Waals surface area contributed by atoms with Crippen LogP contribution in [0.15, 0.2) is 18.2 Å². The molecule has 1 aromatic heterocycles. The molecule has 28 heavy (non-hydrogen) atoms. The molecular formula is C21H24ClNO4S. The van der Waals surface area contributed by atoms with Gasteiger partial charge >= 0.3 is 5.97 Å². The summed E-state index contributed by atoms with van der Waals surface area (Å²) in [6.07, 6.45) is 1.97. The van der Waals surface area contributed by atoms with Crippen LogP contribution in [0, 0.1) is 12.8 Å². The summed E-state index contributed by atoms with van der Waals surface area (Å²) < 4.78 is 10.7. The standard InChI is InChI=1S/C21H24ClNO4S/c1-11-6-8-15(22)16(9-11)27-13(3)19(24)23-20-18(21(25)26-4)14-7-5-12(2)10-17(14)28-20/h6,8-9,12-13H,5,7,10H2,1-4H3,(H,23,24). The highest BCUT2D eigenvalue weighted by molar-refractivity contribution is 7.17. The number of fused-ring (bicyclic) bond motifs is 1. The molecule has 0 fully saturated rings. The van der Waals surface area contributed by atoms with E-state index in [-0.39, 0.29) is 5.91 Å². The fourth-order valence-electron chi connectivity index (χ4n) is 3.32. The van der Waals surface area contributed by atoms with E-state index in [0.717, 1.165) is 35.3 Å². The van der Waals surface area contributed by atoms with E-state index in [2.05, 4.69) is 12.2 Å². The van der Waals surface area contributed by atoms with Crippen LogP contribution in [-0.2, 0) is 22.4 Å². The number of aryl methyl sites for hydroxylation is 1. The first kappa shape index (κ1) is 20.7. The van der Waals surface area contributed by atoms with Crippen LogP contribution in [0.1, 0.15) is 46.6 Å². The average molecular weight is 422 g/mol. The maximum Gasteiger partial charge on any atom is 0.341 e. The summed E-state index contributed by atoms with van der Waals surface area (Å²) in [6.45, 7) is 5.77. The maximum absolute atomic E-state index is 12.7. The maximum atomic E-state index is 12.7. The Morgan fingerprint density at radius 1 is 1.36 bits per heavy atom. The van der Waals surface area contributed by atoms with Crippen LogP contribution in [0.2, 0.25) is 5.02 Å². The quantitative estimate of drug-likeness (QED) is 0.688. The zero-order chi connectivity index (χ0) is 20.4. The van der Waals surface area contributed by atoms with Gasteiger partial charge in [0.15, 0.2) is 6.10 Å². The van der Waals surface area contributed by atoms with Gasteiger partial charge < -0.3 is 14.8 Å². The molecule has 1 heterocycles. The number of ether oxygens (including phenoxy) is 2. The van der Waals surface area contributed by atoms with E-state index in [4.69, 9.17) is 21.1 Å². The first-order chi connectivity index (χ1) is 13.3. The molecular weight excluding hydrogens is 398 g/mol. The van der Waals surface area contributed by atoms with Crippen molar-refractivity contribution >= 4 is 39.8 Å². The van der Waals surface area contributed by atoms with Crippen molar-refractivity contribution in [3.63, 3.8) is 0 Å². The Morgan fingerprint density at radius 2 is 2.11 bits per heavy atom. The molecule has 0 bridgehead atoms. The summed E-state index contributed by atoms with van der Waals surface area (Å²) in [5.41, 5.74) is 2.46. The number of benzene rings is 1. The molecule has 3 rings (SSSR count). The summed E-state index contributed by atoms with van der Waals surface area (Å²) >= 11 is 7.61. The number of methoxy groups -OCH3 is 1. The average Bonchev–Trinajstić information content (AvgIpc) is 3.00. The summed E-state index contributed by atoms with van der Waals surface area (Å²) in [7, 11) is 1.36. The van der Waals surface area contributed by atoms with Crippen LogP contribution >= 0.6 is 22.9 Å². The number of thiophene rings is 1. The van der Waals surface area contributed by atoms with Gasteiger partial charge in [-0.05, 0) is 62.3 Å². The van der Waals surface area contributed by atoms with Crippen molar-refractivity contribution in [2.75, 3.05) is 12.4 Å². The Kier molecular flexibility index (Phi) is 6.30. The van der Waals surface area contributed by atoms with Gasteiger partial charge in [-0.25, -0.2) is 4.79 Å². The minimum Gasteiger partial charge on any atom is -0.479 e. The summed E-state index contributed by atoms with van der Waals surface area (Å²) in [4.78, 5) is 26.2. The zero-order valence-electron chi connectivity index (χ0n) is 16.4. The van der Waals surface area contributed by atoms with Gasteiger partial charge in [0, 0.05) is 4.88 Å². The van der Waals surface area contributed by atoms with Gasteiger partial charge in [-0.3, -0.25) is 4.79 Å². The molecule has 0 saturated carbocycles. The second-order valence-electron chi connectivity index (χ2n) is 7.23. The van der Waals surface area contributed by atoms with Crippen LogP contribution in [0.3, 0.4) is 0 Å². The molecule has 0 spiro atoms. The number of carbonyl (C=O) groups excluding carboxylic acids is 2. The number of anilines is 1. The van der Waals surface area contributed by atoms with Gasteiger partial charge in [0.1, 0.15) is 10.8 Å². The third kappa shape index (κ3) is 4.33. The van der Waals surface area contributed by atoms with E-state index in [0.29, 0.717) is 27.3 Å². The van der Waals surface area contributed by atoms with Crippen LogP contribution in [-0.4, -0.2) is 25.1 Å². The molecule has 7 heteroatoms. The zero-order valence-corrected chi connectivity index (χ0v) is 18.0. The van der Waals surface area contributed by atoms with Crippen LogP contribution < -0.4 is 10.1 Å². The van der Waals surface area contributed by atoms with Gasteiger partial charge in [-0.2, -0.15) is 0 Å². The number of amides is 1. The molecule has 2 unspecified atom stereocenters. The first-order valence-corrected chi connectivity index (χ1v) is 10.5. The lowest BCUT2D eigenvalue weighted by Gasteiger charge is -2.18. The topological polar surface area (TPSA) is 64.6 Å². The molecule has 0 radical (unpaired) electrons. The molecule has 1 amide bonds. The SMILES string of the molecule is COC(=O)c1c(NC(=O)C(C)Oc2cc(C)ccc2Cl)sc2c1CCC(C)C2. The summed E-state index contributed by atoms with van der Waals surface area (Å²) in [6, 6.07) is 5.40. The van der Waals surface area contributed by atoms with Crippen molar-refractivity contribution in [2.24, 2.45) is 5.92 Å². The van der Waals surface area contributed by atoms with Crippen molar-refractivity contribution in [2.45, 2.75) is 46.1 Å². The fraction of sp³-hybridized carbons (Fsp3) is 0.429. The second-order valence-corrected chi connectivity index (χ2v) is 8.74. The van der Waals surface area contributed by atoms with E-state index < -0.39 is 12.1 Å². The molecule has 5 nitrogen and oxygen atoms in total. The third-order valence-electron chi connectivity index (χ3n) is 4.90. The number of carbonyl (C=O) groups is 2. The predicted molar refractivity (Wildman–Crippen MR) is 112 cm³/mol. The Labute approximate surface area is 174 Å². The molecule has 0 aliphatic heterocycles. The molecule has 2 aromatic rings. The van der Waals surface area contributed by atoms with E-state index in [1.807, 2.05) is 13.0 Å². The molecule has 1 aromatic carbocycles. The number of halogens is 1. The number of nitrogens with one attached hydrogen (secondary N) is 1. The molecule has 1 aliphatic rings. The van der Waals surface area contributed by atoms with Crippen molar-refractivity contribution in [1.29, 1.82) is 0 Å². The van der Waals surface area contributed by atoms with Gasteiger partial charge in [0.2, 0.25) is 0 Å². The molecule has 1 aliphatic carbocycles. The van der Waals surface area contributed by atoms with E-state index in [9.17, 15) is 9.59 Å². The number of esters is 1. The largest absolute Gasteiger partial charge is 0.479 e. The second kappa shape index (κ2) is 8.53. The van der Waals surface area contributed by atoms with Gasteiger partial charge in [-0.1, -0.05) is 24.6 Å². The predicted octanol–water partition coefficient (Wildman–Crippen LogP) is 5.03. The summed E-state index contributed by atoms with van der Waals surface area (Å²) in [5, 5.41) is 3.84. The molecule has 2 atom stereocenters. The van der Waals surface area contributed by atoms with E-state index in [1.165, 1.54) is 18.4 Å². The summed E-state index contributed by atoms with van der Waals surface area (Å²) in [5.74, 6) is 0.259. The lowest BCUT2D eigenvalue weighted by molar-refractivity contribution is -0.122. The Bertz CT molecular complexity index is 908. The minimum atomic E-state index is -0.775. The minimum absolute atomic E-state index is 0.339. The Hall–Kier alpha value is -2.05. The Balaban J connectivity index is 1.81. The highest BCUT2D eigenvalue weighted by Crippen LogP contribution is 2.40. The van der Waals surface area contributed by atoms with Crippen molar-refractivity contribution in [3.8, 4) is 5.75 Å². The van der Waals surface area contributed by atoms with Gasteiger partial charge in [-0.15, -0.1) is 11.3 Å². The molecule has 150 valence electrons. The normalized spacial score (nSPS) is 16.8. The number of hydrogen-bond acceptors (Lipinski definition) is 5. The Morgan fingerprint density at radius 3 is 2.82 bits per heavy atom. The molecule has 1 N–H and O–H groups in total. The first-order valence-electron chi connectivity index (χ1n) is 9.26. The van der Waals surface area contributed by atoms with E-state index in [1.54, 1.807) is 19.1 Å².